The Hall–Kier alpha value is -2.55. The van der Waals surface area contributed by atoms with Crippen LogP contribution >= 0.6 is 12.2 Å². The Morgan fingerprint density at radius 3 is 2.74 bits per heavy atom. The number of thiocarbonyl (C=S) groups is 1. The Balaban J connectivity index is 1.67. The Kier molecular flexibility index (Phi) is 6.00. The molecule has 0 saturated carbocycles. The number of amides is 2. The number of cyclic esters (lactones) is 1. The fraction of sp³-hybridized carbons (Fsp3) is 0.471. The number of aliphatic imine (C=N–C) groups is 1. The van der Waals surface area contributed by atoms with E-state index in [0.717, 1.165) is 0 Å². The van der Waals surface area contributed by atoms with Gasteiger partial charge in [0.15, 0.2) is 0 Å². The average Bonchev–Trinajstić information content (AvgIpc) is 3.06. The van der Waals surface area contributed by atoms with Crippen molar-refractivity contribution in [3.8, 4) is 0 Å². The van der Waals surface area contributed by atoms with Crippen LogP contribution in [0.25, 0.3) is 0 Å². The van der Waals surface area contributed by atoms with Crippen LogP contribution in [0.4, 0.5) is 20.6 Å². The second kappa shape index (κ2) is 8.43. The topological polar surface area (TPSA) is 85.7 Å². The van der Waals surface area contributed by atoms with Crippen molar-refractivity contribution in [2.75, 3.05) is 55.7 Å². The first-order valence-corrected chi connectivity index (χ1v) is 8.89. The predicted molar refractivity (Wildman–Crippen MR) is 99.8 cm³/mol. The van der Waals surface area contributed by atoms with Crippen molar-refractivity contribution >= 4 is 40.8 Å². The summed E-state index contributed by atoms with van der Waals surface area (Å²) < 4.78 is 19.8. The van der Waals surface area contributed by atoms with E-state index in [0.29, 0.717) is 37.6 Å². The lowest BCUT2D eigenvalue weighted by Gasteiger charge is -2.36. The molecule has 2 fully saturated rings. The number of rotatable bonds is 5. The number of benzene rings is 1. The zero-order valence-corrected chi connectivity index (χ0v) is 15.3. The summed E-state index contributed by atoms with van der Waals surface area (Å²) in [6, 6.07) is 4.58. The third-order valence-corrected chi connectivity index (χ3v) is 4.71. The third kappa shape index (κ3) is 4.24. The molecule has 0 bridgehead atoms. The summed E-state index contributed by atoms with van der Waals surface area (Å²) in [5.41, 5.74) is 0.813. The highest BCUT2D eigenvalue weighted by Gasteiger charge is 2.33. The number of isothiocyanates is 1. The first kappa shape index (κ1) is 19.2. The van der Waals surface area contributed by atoms with Crippen LogP contribution in [0, 0.1) is 5.82 Å². The fourth-order valence-electron chi connectivity index (χ4n) is 3.18. The zero-order valence-electron chi connectivity index (χ0n) is 14.5. The Bertz CT molecular complexity index is 778. The average molecular weight is 394 g/mol. The number of hydrogen-bond donors (Lipinski definition) is 1. The van der Waals surface area contributed by atoms with Crippen LogP contribution < -0.4 is 9.80 Å². The summed E-state index contributed by atoms with van der Waals surface area (Å²) in [5.74, 6) is -0.784. The lowest BCUT2D eigenvalue weighted by molar-refractivity contribution is -0.134. The number of anilines is 2. The van der Waals surface area contributed by atoms with Crippen molar-refractivity contribution in [1.29, 1.82) is 0 Å². The highest BCUT2D eigenvalue weighted by atomic mass is 32.1. The molecule has 0 radical (unpaired) electrons. The van der Waals surface area contributed by atoms with Gasteiger partial charge in [-0.1, -0.05) is 0 Å². The number of carbonyl (C=O) groups is 2. The monoisotopic (exact) mass is 394 g/mol. The third-order valence-electron chi connectivity index (χ3n) is 4.58. The smallest absolute Gasteiger partial charge is 0.414 e. The molecule has 1 N–H and O–H groups in total. The standard InChI is InChI=1S/C17H19FN4O4S/c18-14-7-12(22-9-13(8-19-11-27)26-17(22)25)1-2-15(14)20-3-5-21(6-4-20)16(24)10-23/h1-2,7,13,23H,3-6,8-10H2. The molecule has 2 heterocycles. The van der Waals surface area contributed by atoms with Gasteiger partial charge in [0.2, 0.25) is 5.91 Å². The molecule has 3 rings (SSSR count). The molecule has 27 heavy (non-hydrogen) atoms. The van der Waals surface area contributed by atoms with E-state index >= 15 is 0 Å². The van der Waals surface area contributed by atoms with E-state index in [2.05, 4.69) is 22.4 Å². The van der Waals surface area contributed by atoms with E-state index in [1.807, 2.05) is 4.90 Å². The van der Waals surface area contributed by atoms with Gasteiger partial charge in [0, 0.05) is 26.2 Å². The van der Waals surface area contributed by atoms with Crippen LogP contribution in [0.15, 0.2) is 23.2 Å². The molecular weight excluding hydrogens is 375 g/mol. The number of aliphatic hydroxyl groups excluding tert-OH is 1. The highest BCUT2D eigenvalue weighted by molar-refractivity contribution is 7.78. The number of carbonyl (C=O) groups excluding carboxylic acids is 2. The van der Waals surface area contributed by atoms with Gasteiger partial charge in [0.25, 0.3) is 0 Å². The highest BCUT2D eigenvalue weighted by Crippen LogP contribution is 2.28. The summed E-state index contributed by atoms with van der Waals surface area (Å²) >= 11 is 4.50. The van der Waals surface area contributed by atoms with Gasteiger partial charge in [-0.25, -0.2) is 14.2 Å². The first-order valence-electron chi connectivity index (χ1n) is 8.48. The van der Waals surface area contributed by atoms with Crippen LogP contribution in [0.1, 0.15) is 0 Å². The number of nitrogens with zero attached hydrogens (tertiary/aromatic N) is 4. The lowest BCUT2D eigenvalue weighted by atomic mass is 10.2. The number of aliphatic hydroxyl groups is 1. The van der Waals surface area contributed by atoms with Crippen molar-refractivity contribution in [3.05, 3.63) is 24.0 Å². The Labute approximate surface area is 160 Å². The van der Waals surface area contributed by atoms with E-state index in [-0.39, 0.29) is 19.0 Å². The molecule has 2 aliphatic rings. The first-order chi connectivity index (χ1) is 13.0. The minimum atomic E-state index is -0.553. The van der Waals surface area contributed by atoms with Gasteiger partial charge in [-0.3, -0.25) is 9.69 Å². The van der Waals surface area contributed by atoms with Gasteiger partial charge in [-0.05, 0) is 30.4 Å². The maximum atomic E-state index is 14.7. The molecule has 1 atom stereocenters. The maximum absolute atomic E-state index is 14.7. The summed E-state index contributed by atoms with van der Waals surface area (Å²) in [6.07, 6.45) is -0.990. The van der Waals surface area contributed by atoms with Gasteiger partial charge in [-0.2, -0.15) is 0 Å². The molecular formula is C17H19FN4O4S. The lowest BCUT2D eigenvalue weighted by Crippen LogP contribution is -2.49. The molecule has 144 valence electrons. The molecule has 10 heteroatoms. The second-order valence-electron chi connectivity index (χ2n) is 6.21. The largest absolute Gasteiger partial charge is 0.442 e. The van der Waals surface area contributed by atoms with Crippen LogP contribution in [-0.2, 0) is 9.53 Å². The number of hydrogen-bond acceptors (Lipinski definition) is 7. The molecule has 8 nitrogen and oxygen atoms in total. The molecule has 1 unspecified atom stereocenters. The summed E-state index contributed by atoms with van der Waals surface area (Å²) in [6.45, 7) is 1.73. The number of ether oxygens (including phenoxy) is 1. The van der Waals surface area contributed by atoms with Gasteiger partial charge in [0.1, 0.15) is 18.5 Å². The molecule has 2 amide bonds. The number of piperazine rings is 1. The van der Waals surface area contributed by atoms with E-state index in [4.69, 9.17) is 9.84 Å². The molecule has 2 saturated heterocycles. The SMILES string of the molecule is O=C(CO)N1CCN(c2ccc(N3CC(CN=C=S)OC3=O)cc2F)CC1. The molecule has 1 aromatic rings. The maximum Gasteiger partial charge on any atom is 0.414 e. The summed E-state index contributed by atoms with van der Waals surface area (Å²) in [4.78, 5) is 32.0. The summed E-state index contributed by atoms with van der Waals surface area (Å²) in [7, 11) is 0. The van der Waals surface area contributed by atoms with Crippen LogP contribution in [0.5, 0.6) is 0 Å². The Morgan fingerprint density at radius 1 is 1.37 bits per heavy atom. The minimum absolute atomic E-state index is 0.225. The number of halogens is 1. The second-order valence-corrected chi connectivity index (χ2v) is 6.39. The molecule has 0 aromatic heterocycles. The van der Waals surface area contributed by atoms with Crippen LogP contribution in [0.3, 0.4) is 0 Å². The predicted octanol–water partition coefficient (Wildman–Crippen LogP) is 0.895. The minimum Gasteiger partial charge on any atom is -0.442 e. The Morgan fingerprint density at radius 2 is 2.11 bits per heavy atom. The summed E-state index contributed by atoms with van der Waals surface area (Å²) in [5, 5.41) is 11.1. The molecule has 0 aliphatic carbocycles. The molecule has 0 spiro atoms. The fourth-order valence-corrected chi connectivity index (χ4v) is 3.26. The van der Waals surface area contributed by atoms with Crippen LogP contribution in [-0.4, -0.2) is 79.1 Å². The van der Waals surface area contributed by atoms with E-state index in [1.165, 1.54) is 11.0 Å². The van der Waals surface area contributed by atoms with Crippen molar-refractivity contribution in [2.24, 2.45) is 4.99 Å². The van der Waals surface area contributed by atoms with Crippen molar-refractivity contribution in [2.45, 2.75) is 6.10 Å². The van der Waals surface area contributed by atoms with Gasteiger partial charge in [0.05, 0.1) is 29.6 Å². The van der Waals surface area contributed by atoms with Gasteiger partial charge in [-0.15, -0.1) is 0 Å². The molecule has 1 aromatic carbocycles. The van der Waals surface area contributed by atoms with E-state index < -0.39 is 24.6 Å². The normalized spacial score (nSPS) is 19.7. The van der Waals surface area contributed by atoms with Gasteiger partial charge < -0.3 is 19.6 Å². The van der Waals surface area contributed by atoms with Crippen molar-refractivity contribution < 1.29 is 23.8 Å². The van der Waals surface area contributed by atoms with Crippen molar-refractivity contribution in [3.63, 3.8) is 0 Å². The van der Waals surface area contributed by atoms with Gasteiger partial charge >= 0.3 is 6.09 Å². The van der Waals surface area contributed by atoms with E-state index in [1.54, 1.807) is 17.0 Å². The quantitative estimate of drug-likeness (QED) is 0.590. The van der Waals surface area contributed by atoms with E-state index in [9.17, 15) is 14.0 Å². The van der Waals surface area contributed by atoms with Crippen molar-refractivity contribution in [1.82, 2.24) is 4.90 Å². The molecule has 2 aliphatic heterocycles. The van der Waals surface area contributed by atoms with Crippen LogP contribution in [0.2, 0.25) is 0 Å². The zero-order chi connectivity index (χ0) is 19.4.